The summed E-state index contributed by atoms with van der Waals surface area (Å²) in [6, 6.07) is 14.4. The number of fused-ring (bicyclic) bond motifs is 1. The Bertz CT molecular complexity index is 856. The average molecular weight is 356 g/mol. The van der Waals surface area contributed by atoms with Gasteiger partial charge in [0.05, 0.1) is 23.9 Å². The Hall–Kier alpha value is -2.80. The van der Waals surface area contributed by atoms with Gasteiger partial charge in [-0.25, -0.2) is 9.78 Å². The average Bonchev–Trinajstić information content (AvgIpc) is 3.07. The number of methoxy groups -OCH3 is 1. The number of aromatic nitrogens is 2. The molecular weight excluding hydrogens is 340 g/mol. The summed E-state index contributed by atoms with van der Waals surface area (Å²) in [4.78, 5) is 30.9. The summed E-state index contributed by atoms with van der Waals surface area (Å²) in [7, 11) is 1.30. The van der Waals surface area contributed by atoms with E-state index in [4.69, 9.17) is 4.74 Å². The number of nitrogens with zero attached hydrogens (tertiary/aromatic N) is 1. The number of ketones is 1. The second kappa shape index (κ2) is 7.85. The molecule has 0 radical (unpaired) electrons. The smallest absolute Gasteiger partial charge is 0.343 e. The number of hydrogen-bond acceptors (Lipinski definition) is 6. The standard InChI is InChI=1S/C18H16N2O4S/c1-23-17(22)10-24-13-8-6-12(7-9-13)16(21)11-25-18-19-14-4-2-3-5-15(14)20-18/h2-9H,10-11H2,1H3,(H,19,20). The Morgan fingerprint density at radius 2 is 1.88 bits per heavy atom. The third kappa shape index (κ3) is 4.39. The highest BCUT2D eigenvalue weighted by atomic mass is 32.2. The maximum Gasteiger partial charge on any atom is 0.343 e. The molecule has 0 aliphatic carbocycles. The number of esters is 1. The Morgan fingerprint density at radius 3 is 2.60 bits per heavy atom. The number of para-hydroxylation sites is 2. The van der Waals surface area contributed by atoms with Crippen LogP contribution in [0.1, 0.15) is 10.4 Å². The first-order valence-corrected chi connectivity index (χ1v) is 8.54. The van der Waals surface area contributed by atoms with Gasteiger partial charge in [0.25, 0.3) is 0 Å². The predicted octanol–water partition coefficient (Wildman–Crippen LogP) is 3.09. The highest BCUT2D eigenvalue weighted by Gasteiger charge is 2.10. The number of benzene rings is 2. The van der Waals surface area contributed by atoms with Crippen molar-refractivity contribution in [2.75, 3.05) is 19.5 Å². The van der Waals surface area contributed by atoms with Crippen molar-refractivity contribution in [2.45, 2.75) is 5.16 Å². The molecule has 0 fully saturated rings. The highest BCUT2D eigenvalue weighted by molar-refractivity contribution is 7.99. The largest absolute Gasteiger partial charge is 0.482 e. The zero-order chi connectivity index (χ0) is 17.6. The molecular formula is C18H16N2O4S. The summed E-state index contributed by atoms with van der Waals surface area (Å²) < 4.78 is 9.75. The van der Waals surface area contributed by atoms with E-state index in [0.29, 0.717) is 16.5 Å². The molecule has 0 aliphatic heterocycles. The molecule has 3 rings (SSSR count). The summed E-state index contributed by atoms with van der Waals surface area (Å²) in [6.07, 6.45) is 0. The van der Waals surface area contributed by atoms with Crippen LogP contribution in [0.15, 0.2) is 53.7 Å². The predicted molar refractivity (Wildman–Crippen MR) is 95.1 cm³/mol. The molecule has 3 aromatic rings. The fraction of sp³-hybridized carbons (Fsp3) is 0.167. The molecule has 128 valence electrons. The van der Waals surface area contributed by atoms with Crippen LogP contribution >= 0.6 is 11.8 Å². The van der Waals surface area contributed by atoms with E-state index in [-0.39, 0.29) is 18.1 Å². The molecule has 0 bridgehead atoms. The number of carbonyl (C=O) groups is 2. The van der Waals surface area contributed by atoms with E-state index >= 15 is 0 Å². The van der Waals surface area contributed by atoms with Crippen LogP contribution in [0.5, 0.6) is 5.75 Å². The summed E-state index contributed by atoms with van der Waals surface area (Å²) in [5, 5.41) is 0.715. The Labute approximate surface area is 148 Å². The normalized spacial score (nSPS) is 10.6. The minimum absolute atomic E-state index is 0.00928. The lowest BCUT2D eigenvalue weighted by Gasteiger charge is -2.05. The van der Waals surface area contributed by atoms with Crippen LogP contribution in [0.25, 0.3) is 11.0 Å². The number of thioether (sulfide) groups is 1. The van der Waals surface area contributed by atoms with Gasteiger partial charge in [-0.3, -0.25) is 4.79 Å². The van der Waals surface area contributed by atoms with Crippen LogP contribution in [-0.2, 0) is 9.53 Å². The van der Waals surface area contributed by atoms with E-state index in [9.17, 15) is 9.59 Å². The van der Waals surface area contributed by atoms with Crippen LogP contribution in [0.2, 0.25) is 0 Å². The number of Topliss-reactive ketones (excluding diaryl/α,β-unsaturated/α-hetero) is 1. The van der Waals surface area contributed by atoms with E-state index in [2.05, 4.69) is 14.7 Å². The van der Waals surface area contributed by atoms with Crippen molar-refractivity contribution in [1.82, 2.24) is 9.97 Å². The molecule has 0 unspecified atom stereocenters. The molecule has 0 aliphatic rings. The molecule has 1 heterocycles. The van der Waals surface area contributed by atoms with Gasteiger partial charge in [-0.05, 0) is 36.4 Å². The zero-order valence-corrected chi connectivity index (χ0v) is 14.3. The number of imidazole rings is 1. The van der Waals surface area contributed by atoms with Crippen molar-refractivity contribution in [3.8, 4) is 5.75 Å². The van der Waals surface area contributed by atoms with Crippen LogP contribution in [0.4, 0.5) is 0 Å². The topological polar surface area (TPSA) is 81.3 Å². The first-order chi connectivity index (χ1) is 12.2. The molecule has 0 atom stereocenters. The van der Waals surface area contributed by atoms with Gasteiger partial charge < -0.3 is 14.5 Å². The third-order valence-electron chi connectivity index (χ3n) is 3.47. The van der Waals surface area contributed by atoms with E-state index in [1.54, 1.807) is 24.3 Å². The van der Waals surface area contributed by atoms with Crippen molar-refractivity contribution in [1.29, 1.82) is 0 Å². The van der Waals surface area contributed by atoms with Crippen molar-refractivity contribution in [2.24, 2.45) is 0 Å². The number of rotatable bonds is 7. The number of nitrogens with one attached hydrogen (secondary N) is 1. The molecule has 1 aromatic heterocycles. The van der Waals surface area contributed by atoms with E-state index in [0.717, 1.165) is 11.0 Å². The van der Waals surface area contributed by atoms with Gasteiger partial charge >= 0.3 is 5.97 Å². The zero-order valence-electron chi connectivity index (χ0n) is 13.5. The molecule has 0 spiro atoms. The van der Waals surface area contributed by atoms with Crippen molar-refractivity contribution >= 4 is 34.5 Å². The molecule has 0 saturated carbocycles. The second-order valence-electron chi connectivity index (χ2n) is 5.16. The number of aromatic amines is 1. The van der Waals surface area contributed by atoms with Crippen molar-refractivity contribution < 1.29 is 19.1 Å². The van der Waals surface area contributed by atoms with Crippen LogP contribution in [0, 0.1) is 0 Å². The molecule has 1 N–H and O–H groups in total. The number of hydrogen-bond donors (Lipinski definition) is 1. The van der Waals surface area contributed by atoms with Crippen LogP contribution in [-0.4, -0.2) is 41.2 Å². The lowest BCUT2D eigenvalue weighted by Crippen LogP contribution is -2.12. The highest BCUT2D eigenvalue weighted by Crippen LogP contribution is 2.21. The fourth-order valence-corrected chi connectivity index (χ4v) is 2.93. The monoisotopic (exact) mass is 356 g/mol. The maximum atomic E-state index is 12.3. The van der Waals surface area contributed by atoms with Gasteiger partial charge in [0.2, 0.25) is 0 Å². The van der Waals surface area contributed by atoms with Gasteiger partial charge in [-0.2, -0.15) is 0 Å². The Balaban J connectivity index is 1.56. The van der Waals surface area contributed by atoms with E-state index in [1.807, 2.05) is 24.3 Å². The summed E-state index contributed by atoms with van der Waals surface area (Å²) >= 11 is 1.36. The Morgan fingerprint density at radius 1 is 1.12 bits per heavy atom. The first-order valence-electron chi connectivity index (χ1n) is 7.56. The van der Waals surface area contributed by atoms with Crippen molar-refractivity contribution in [3.05, 3.63) is 54.1 Å². The number of carbonyl (C=O) groups excluding carboxylic acids is 2. The summed E-state index contributed by atoms with van der Waals surface area (Å²) in [5.41, 5.74) is 2.41. The lowest BCUT2D eigenvalue weighted by molar-refractivity contribution is -0.142. The molecule has 0 saturated heterocycles. The number of H-pyrrole nitrogens is 1. The fourth-order valence-electron chi connectivity index (χ4n) is 2.15. The summed E-state index contributed by atoms with van der Waals surface area (Å²) in [6.45, 7) is -0.161. The van der Waals surface area contributed by atoms with Crippen LogP contribution < -0.4 is 4.74 Å². The maximum absolute atomic E-state index is 12.3. The van der Waals surface area contributed by atoms with Gasteiger partial charge in [0.15, 0.2) is 17.5 Å². The molecule has 25 heavy (non-hydrogen) atoms. The van der Waals surface area contributed by atoms with Gasteiger partial charge in [-0.1, -0.05) is 23.9 Å². The second-order valence-corrected chi connectivity index (χ2v) is 6.12. The molecule has 7 heteroatoms. The SMILES string of the molecule is COC(=O)COc1ccc(C(=O)CSc2nc3ccccc3[nH]2)cc1. The lowest BCUT2D eigenvalue weighted by atomic mass is 10.1. The first kappa shape index (κ1) is 17.0. The minimum Gasteiger partial charge on any atom is -0.482 e. The summed E-state index contributed by atoms with van der Waals surface area (Å²) in [5.74, 6) is 0.321. The molecule has 6 nitrogen and oxygen atoms in total. The molecule has 2 aromatic carbocycles. The third-order valence-corrected chi connectivity index (χ3v) is 4.34. The van der Waals surface area contributed by atoms with Gasteiger partial charge in [0.1, 0.15) is 5.75 Å². The quantitative estimate of drug-likeness (QED) is 0.398. The molecule has 0 amide bonds. The van der Waals surface area contributed by atoms with Gasteiger partial charge in [0, 0.05) is 5.56 Å². The van der Waals surface area contributed by atoms with Crippen LogP contribution in [0.3, 0.4) is 0 Å². The van der Waals surface area contributed by atoms with Gasteiger partial charge in [-0.15, -0.1) is 0 Å². The minimum atomic E-state index is -0.456. The number of ether oxygens (including phenoxy) is 2. The Kier molecular flexibility index (Phi) is 5.35. The van der Waals surface area contributed by atoms with Crippen molar-refractivity contribution in [3.63, 3.8) is 0 Å². The van der Waals surface area contributed by atoms with E-state index < -0.39 is 5.97 Å². The van der Waals surface area contributed by atoms with E-state index in [1.165, 1.54) is 18.9 Å².